The molecule has 0 atom stereocenters. The minimum Gasteiger partial charge on any atom is -0.494 e. The van der Waals surface area contributed by atoms with E-state index in [4.69, 9.17) is 21.1 Å². The Morgan fingerprint density at radius 3 is 2.57 bits per heavy atom. The molecule has 1 amide bonds. The third kappa shape index (κ3) is 4.35. The summed E-state index contributed by atoms with van der Waals surface area (Å²) in [5, 5.41) is 0.246. The maximum Gasteiger partial charge on any atom is 0.340 e. The summed E-state index contributed by atoms with van der Waals surface area (Å²) in [6, 6.07) is 12.8. The molecule has 1 spiro atoms. The number of hydrogen-bond acceptors (Lipinski definition) is 7. The van der Waals surface area contributed by atoms with Crippen molar-refractivity contribution in [2.45, 2.75) is 25.0 Å². The van der Waals surface area contributed by atoms with Crippen LogP contribution in [0.25, 0.3) is 11.1 Å². The van der Waals surface area contributed by atoms with E-state index in [1.165, 1.54) is 19.5 Å². The van der Waals surface area contributed by atoms with Crippen LogP contribution in [0, 0.1) is 0 Å². The molecule has 1 aromatic carbocycles. The van der Waals surface area contributed by atoms with E-state index in [0.29, 0.717) is 29.2 Å². The predicted molar refractivity (Wildman–Crippen MR) is 132 cm³/mol. The number of carbonyl (C=O) groups excluding carboxylic acids is 2. The van der Waals surface area contributed by atoms with E-state index in [-0.39, 0.29) is 23.2 Å². The zero-order valence-corrected chi connectivity index (χ0v) is 20.3. The Morgan fingerprint density at radius 2 is 1.86 bits per heavy atom. The summed E-state index contributed by atoms with van der Waals surface area (Å²) < 4.78 is 11.1. The van der Waals surface area contributed by atoms with E-state index in [2.05, 4.69) is 14.9 Å². The zero-order valence-electron chi connectivity index (χ0n) is 19.5. The summed E-state index contributed by atoms with van der Waals surface area (Å²) in [6.45, 7) is 1.37. The first kappa shape index (κ1) is 23.3. The first-order valence-corrected chi connectivity index (χ1v) is 11.7. The van der Waals surface area contributed by atoms with E-state index in [1.807, 2.05) is 37.4 Å². The molecule has 2 aromatic heterocycles. The Labute approximate surface area is 208 Å². The molecule has 0 bridgehead atoms. The zero-order chi connectivity index (χ0) is 24.6. The average Bonchev–Trinajstić information content (AvgIpc) is 3.69. The van der Waals surface area contributed by atoms with E-state index in [0.717, 1.165) is 24.9 Å². The number of ether oxygens (including phenoxy) is 2. The van der Waals surface area contributed by atoms with Crippen LogP contribution in [0.5, 0.6) is 5.75 Å². The highest BCUT2D eigenvalue weighted by Gasteiger charge is 2.57. The van der Waals surface area contributed by atoms with Gasteiger partial charge in [0, 0.05) is 30.4 Å². The van der Waals surface area contributed by atoms with Gasteiger partial charge in [0.15, 0.2) is 0 Å². The lowest BCUT2D eigenvalue weighted by Crippen LogP contribution is -2.57. The molecule has 2 fully saturated rings. The van der Waals surface area contributed by atoms with Crippen molar-refractivity contribution in [1.29, 1.82) is 0 Å². The van der Waals surface area contributed by atoms with Gasteiger partial charge < -0.3 is 9.47 Å². The number of anilines is 1. The van der Waals surface area contributed by atoms with Gasteiger partial charge in [-0.1, -0.05) is 41.9 Å². The highest BCUT2D eigenvalue weighted by molar-refractivity contribution is 6.29. The lowest BCUT2D eigenvalue weighted by molar-refractivity contribution is -0.126. The standard InChI is InChI=1S/C26H25ClN4O4/c1-30-10-11-31(25(33)26(30)8-9-26)23-13-18(19-12-22(27)28-15-21(19)34-2)20(14-29-23)24(32)35-16-17-6-4-3-5-7-17/h3-7,12-15H,8-11,16H2,1-2H3. The van der Waals surface area contributed by atoms with Gasteiger partial charge in [-0.2, -0.15) is 0 Å². The quantitative estimate of drug-likeness (QED) is 0.380. The molecule has 3 heterocycles. The van der Waals surface area contributed by atoms with Gasteiger partial charge in [0.1, 0.15) is 28.9 Å². The molecule has 0 radical (unpaired) electrons. The molecule has 1 saturated heterocycles. The monoisotopic (exact) mass is 492 g/mol. The van der Waals surface area contributed by atoms with Crippen molar-refractivity contribution >= 4 is 29.3 Å². The van der Waals surface area contributed by atoms with Gasteiger partial charge in [0.2, 0.25) is 5.91 Å². The van der Waals surface area contributed by atoms with Crippen LogP contribution in [0.3, 0.4) is 0 Å². The lowest BCUT2D eigenvalue weighted by atomic mass is 10.0. The number of rotatable bonds is 6. The Bertz CT molecular complexity index is 1280. The topological polar surface area (TPSA) is 84.9 Å². The number of nitrogens with zero attached hydrogens (tertiary/aromatic N) is 4. The maximum absolute atomic E-state index is 13.3. The van der Waals surface area contributed by atoms with Crippen LogP contribution in [0.4, 0.5) is 5.82 Å². The average molecular weight is 493 g/mol. The molecule has 2 aliphatic rings. The summed E-state index contributed by atoms with van der Waals surface area (Å²) in [5.74, 6) is 0.399. The summed E-state index contributed by atoms with van der Waals surface area (Å²) in [6.07, 6.45) is 4.63. The second-order valence-corrected chi connectivity index (χ2v) is 9.15. The molecule has 5 rings (SSSR count). The fourth-order valence-corrected chi connectivity index (χ4v) is 4.64. The molecule has 0 unspecified atom stereocenters. The third-order valence-corrected chi connectivity index (χ3v) is 6.91. The van der Waals surface area contributed by atoms with E-state index in [1.54, 1.807) is 17.0 Å². The molecule has 35 heavy (non-hydrogen) atoms. The van der Waals surface area contributed by atoms with Crippen molar-refractivity contribution in [1.82, 2.24) is 14.9 Å². The molecule has 1 aliphatic carbocycles. The number of esters is 1. The summed E-state index contributed by atoms with van der Waals surface area (Å²) in [5.41, 5.74) is 1.74. The van der Waals surface area contributed by atoms with Crippen molar-refractivity contribution in [3.8, 4) is 16.9 Å². The van der Waals surface area contributed by atoms with Crippen LogP contribution in [-0.2, 0) is 16.1 Å². The van der Waals surface area contributed by atoms with E-state index in [9.17, 15) is 9.59 Å². The van der Waals surface area contributed by atoms with Gasteiger partial charge in [-0.3, -0.25) is 14.6 Å². The molecule has 3 aromatic rings. The van der Waals surface area contributed by atoms with Crippen LogP contribution >= 0.6 is 11.6 Å². The molecule has 1 saturated carbocycles. The molecule has 1 aliphatic heterocycles. The van der Waals surface area contributed by atoms with Gasteiger partial charge in [-0.15, -0.1) is 0 Å². The Kier molecular flexibility index (Phi) is 6.17. The Hall–Kier alpha value is -3.49. The highest BCUT2D eigenvalue weighted by atomic mass is 35.5. The molecule has 180 valence electrons. The molecule has 9 heteroatoms. The summed E-state index contributed by atoms with van der Waals surface area (Å²) in [4.78, 5) is 38.9. The molecule has 0 N–H and O–H groups in total. The van der Waals surface area contributed by atoms with Gasteiger partial charge in [0.25, 0.3) is 0 Å². The Balaban J connectivity index is 1.54. The van der Waals surface area contributed by atoms with Crippen LogP contribution in [0.1, 0.15) is 28.8 Å². The Morgan fingerprint density at radius 1 is 1.09 bits per heavy atom. The number of halogens is 1. The summed E-state index contributed by atoms with van der Waals surface area (Å²) >= 11 is 6.20. The van der Waals surface area contributed by atoms with Crippen LogP contribution in [-0.4, -0.2) is 59.5 Å². The molecule has 8 nitrogen and oxygen atoms in total. The van der Waals surface area contributed by atoms with Gasteiger partial charge in [-0.05, 0) is 37.6 Å². The minimum atomic E-state index is -0.541. The third-order valence-electron chi connectivity index (χ3n) is 6.70. The SMILES string of the molecule is COc1cnc(Cl)cc1-c1cc(N2CCN(C)C3(CC3)C2=O)ncc1C(=O)OCc1ccccc1. The lowest BCUT2D eigenvalue weighted by Gasteiger charge is -2.38. The largest absolute Gasteiger partial charge is 0.494 e. The van der Waals surface area contributed by atoms with Crippen molar-refractivity contribution < 1.29 is 19.1 Å². The van der Waals surface area contributed by atoms with Crippen molar-refractivity contribution in [2.24, 2.45) is 0 Å². The van der Waals surface area contributed by atoms with Crippen LogP contribution < -0.4 is 9.64 Å². The second kappa shape index (κ2) is 9.28. The number of methoxy groups -OCH3 is 1. The van der Waals surface area contributed by atoms with Crippen LogP contribution in [0.2, 0.25) is 5.15 Å². The van der Waals surface area contributed by atoms with Gasteiger partial charge in [0.05, 0.1) is 18.9 Å². The number of carbonyl (C=O) groups is 2. The number of pyridine rings is 2. The number of likely N-dealkylation sites (N-methyl/N-ethyl adjacent to an activating group) is 1. The number of hydrogen-bond donors (Lipinski definition) is 0. The van der Waals surface area contributed by atoms with E-state index < -0.39 is 11.5 Å². The fourth-order valence-electron chi connectivity index (χ4n) is 4.48. The maximum atomic E-state index is 13.3. The first-order valence-electron chi connectivity index (χ1n) is 11.4. The normalized spacial score (nSPS) is 16.9. The van der Waals surface area contributed by atoms with Crippen molar-refractivity contribution in [2.75, 3.05) is 32.1 Å². The van der Waals surface area contributed by atoms with Crippen molar-refractivity contribution in [3.05, 3.63) is 71.1 Å². The molecular formula is C26H25ClN4O4. The summed E-state index contributed by atoms with van der Waals surface area (Å²) in [7, 11) is 3.50. The number of aromatic nitrogens is 2. The van der Waals surface area contributed by atoms with Gasteiger partial charge in [-0.25, -0.2) is 14.8 Å². The fraction of sp³-hybridized carbons (Fsp3) is 0.308. The molecular weight excluding hydrogens is 468 g/mol. The second-order valence-electron chi connectivity index (χ2n) is 8.77. The minimum absolute atomic E-state index is 0.0313. The smallest absolute Gasteiger partial charge is 0.340 e. The van der Waals surface area contributed by atoms with Crippen LogP contribution in [0.15, 0.2) is 54.9 Å². The van der Waals surface area contributed by atoms with Gasteiger partial charge >= 0.3 is 5.97 Å². The number of piperazine rings is 1. The predicted octanol–water partition coefficient (Wildman–Crippen LogP) is 3.97. The van der Waals surface area contributed by atoms with Crippen molar-refractivity contribution in [3.63, 3.8) is 0 Å². The number of amides is 1. The number of benzene rings is 1. The van der Waals surface area contributed by atoms with E-state index >= 15 is 0 Å². The highest BCUT2D eigenvalue weighted by Crippen LogP contribution is 2.45. The first-order chi connectivity index (χ1) is 16.9.